The largest absolute Gasteiger partial charge is 0.484 e. The molecule has 158 valence electrons. The van der Waals surface area contributed by atoms with E-state index in [2.05, 4.69) is 35.4 Å². The minimum Gasteiger partial charge on any atom is -0.484 e. The van der Waals surface area contributed by atoms with Crippen molar-refractivity contribution in [3.63, 3.8) is 0 Å². The van der Waals surface area contributed by atoms with Gasteiger partial charge in [0.1, 0.15) is 5.75 Å². The lowest BCUT2D eigenvalue weighted by Gasteiger charge is -2.34. The molecule has 5 nitrogen and oxygen atoms in total. The summed E-state index contributed by atoms with van der Waals surface area (Å²) in [5.41, 5.74) is 1.04. The third-order valence-electron chi connectivity index (χ3n) is 5.57. The smallest absolute Gasteiger partial charge is 0.260 e. The van der Waals surface area contributed by atoms with Crippen LogP contribution < -0.4 is 9.64 Å². The normalized spacial score (nSPS) is 14.4. The quantitative estimate of drug-likeness (QED) is 0.406. The Kier molecular flexibility index (Phi) is 5.70. The van der Waals surface area contributed by atoms with Crippen LogP contribution in [0.2, 0.25) is 0 Å². The average molecular weight is 450 g/mol. The SMILES string of the molecule is CSc1ccc2nc(N3CCN(C(=O)COc4ccc5ccccc5c4)CC3)sc2c1. The molecule has 0 atom stereocenters. The number of anilines is 1. The molecule has 3 aromatic carbocycles. The number of thioether (sulfide) groups is 1. The van der Waals surface area contributed by atoms with Crippen molar-refractivity contribution in [3.8, 4) is 5.75 Å². The molecular weight excluding hydrogens is 426 g/mol. The molecule has 2 heterocycles. The second kappa shape index (κ2) is 8.77. The van der Waals surface area contributed by atoms with Gasteiger partial charge < -0.3 is 14.5 Å². The summed E-state index contributed by atoms with van der Waals surface area (Å²) >= 11 is 3.47. The van der Waals surface area contributed by atoms with Gasteiger partial charge in [0.25, 0.3) is 5.91 Å². The Balaban J connectivity index is 1.17. The molecule has 1 aromatic heterocycles. The Labute approximate surface area is 189 Å². The molecule has 1 fully saturated rings. The second-order valence-corrected chi connectivity index (χ2v) is 9.38. The third kappa shape index (κ3) is 4.34. The number of amides is 1. The van der Waals surface area contributed by atoms with Crippen molar-refractivity contribution >= 4 is 55.1 Å². The van der Waals surface area contributed by atoms with Crippen molar-refractivity contribution in [1.82, 2.24) is 9.88 Å². The Morgan fingerprint density at radius 1 is 1.03 bits per heavy atom. The molecule has 7 heteroatoms. The molecule has 0 unspecified atom stereocenters. The van der Waals surface area contributed by atoms with E-state index in [1.807, 2.05) is 41.3 Å². The summed E-state index contributed by atoms with van der Waals surface area (Å²) in [6, 6.07) is 20.5. The van der Waals surface area contributed by atoms with Gasteiger partial charge in [-0.2, -0.15) is 0 Å². The van der Waals surface area contributed by atoms with Crippen LogP contribution in [0.5, 0.6) is 5.75 Å². The highest BCUT2D eigenvalue weighted by Crippen LogP contribution is 2.32. The number of fused-ring (bicyclic) bond motifs is 2. The first kappa shape index (κ1) is 20.2. The van der Waals surface area contributed by atoms with Crippen LogP contribution in [0, 0.1) is 0 Å². The molecule has 0 N–H and O–H groups in total. The summed E-state index contributed by atoms with van der Waals surface area (Å²) in [6.45, 7) is 3.02. The molecule has 0 saturated carbocycles. The zero-order chi connectivity index (χ0) is 21.2. The lowest BCUT2D eigenvalue weighted by atomic mass is 10.1. The van der Waals surface area contributed by atoms with E-state index < -0.39 is 0 Å². The monoisotopic (exact) mass is 449 g/mol. The van der Waals surface area contributed by atoms with Crippen LogP contribution in [0.4, 0.5) is 5.13 Å². The van der Waals surface area contributed by atoms with E-state index in [0.29, 0.717) is 13.1 Å². The third-order valence-corrected chi connectivity index (χ3v) is 7.37. The zero-order valence-electron chi connectivity index (χ0n) is 17.3. The van der Waals surface area contributed by atoms with Crippen molar-refractivity contribution in [2.45, 2.75) is 4.90 Å². The molecular formula is C24H23N3O2S2. The minimum absolute atomic E-state index is 0.0294. The summed E-state index contributed by atoms with van der Waals surface area (Å²) in [6.07, 6.45) is 2.09. The fourth-order valence-electron chi connectivity index (χ4n) is 3.80. The van der Waals surface area contributed by atoms with Crippen LogP contribution >= 0.6 is 23.1 Å². The van der Waals surface area contributed by atoms with Gasteiger partial charge in [0.2, 0.25) is 0 Å². The van der Waals surface area contributed by atoms with E-state index in [0.717, 1.165) is 40.3 Å². The number of nitrogens with zero attached hydrogens (tertiary/aromatic N) is 3. The maximum Gasteiger partial charge on any atom is 0.260 e. The van der Waals surface area contributed by atoms with Crippen LogP contribution in [0.1, 0.15) is 0 Å². The fraction of sp³-hybridized carbons (Fsp3) is 0.250. The van der Waals surface area contributed by atoms with Crippen LogP contribution in [0.25, 0.3) is 21.0 Å². The molecule has 1 aliphatic rings. The van der Waals surface area contributed by atoms with E-state index in [4.69, 9.17) is 9.72 Å². The van der Waals surface area contributed by atoms with Crippen LogP contribution in [-0.2, 0) is 4.79 Å². The van der Waals surface area contributed by atoms with Crippen LogP contribution in [-0.4, -0.2) is 54.8 Å². The molecule has 1 saturated heterocycles. The van der Waals surface area contributed by atoms with E-state index in [9.17, 15) is 4.79 Å². The van der Waals surface area contributed by atoms with Crippen LogP contribution in [0.15, 0.2) is 65.6 Å². The second-order valence-electron chi connectivity index (χ2n) is 7.50. The van der Waals surface area contributed by atoms with Gasteiger partial charge in [0.05, 0.1) is 10.2 Å². The van der Waals surface area contributed by atoms with Gasteiger partial charge in [0, 0.05) is 31.1 Å². The number of aromatic nitrogens is 1. The maximum atomic E-state index is 12.7. The number of thiazole rings is 1. The van der Waals surface area contributed by atoms with Gasteiger partial charge in [-0.3, -0.25) is 4.79 Å². The number of piperazine rings is 1. The zero-order valence-corrected chi connectivity index (χ0v) is 18.9. The van der Waals surface area contributed by atoms with Crippen molar-refractivity contribution in [1.29, 1.82) is 0 Å². The van der Waals surface area contributed by atoms with E-state index in [1.54, 1.807) is 23.1 Å². The number of carbonyl (C=O) groups is 1. The predicted octanol–water partition coefficient (Wildman–Crippen LogP) is 4.90. The Hall–Kier alpha value is -2.77. The lowest BCUT2D eigenvalue weighted by Crippen LogP contribution is -2.50. The minimum atomic E-state index is 0.0294. The molecule has 1 aliphatic heterocycles. The standard InChI is InChI=1S/C24H23N3O2S2/c1-30-20-8-9-21-22(15-20)31-24(25-21)27-12-10-26(11-13-27)23(28)16-29-19-7-6-17-4-2-3-5-18(17)14-19/h2-9,14-15H,10-13,16H2,1H3. The molecule has 0 radical (unpaired) electrons. The molecule has 5 rings (SSSR count). The van der Waals surface area contributed by atoms with E-state index in [1.165, 1.54) is 9.60 Å². The maximum absolute atomic E-state index is 12.7. The molecule has 0 spiro atoms. The molecule has 1 amide bonds. The fourth-order valence-corrected chi connectivity index (χ4v) is 5.37. The van der Waals surface area contributed by atoms with E-state index in [-0.39, 0.29) is 12.5 Å². The predicted molar refractivity (Wildman–Crippen MR) is 130 cm³/mol. The van der Waals surface area contributed by atoms with Crippen molar-refractivity contribution in [2.24, 2.45) is 0 Å². The summed E-state index contributed by atoms with van der Waals surface area (Å²) in [4.78, 5) is 22.9. The molecule has 0 bridgehead atoms. The summed E-state index contributed by atoms with van der Waals surface area (Å²) in [7, 11) is 0. The number of hydrogen-bond acceptors (Lipinski definition) is 6. The Morgan fingerprint density at radius 3 is 2.65 bits per heavy atom. The summed E-state index contributed by atoms with van der Waals surface area (Å²) < 4.78 is 7.00. The first-order chi connectivity index (χ1) is 15.2. The number of benzene rings is 3. The summed E-state index contributed by atoms with van der Waals surface area (Å²) in [5.74, 6) is 0.756. The van der Waals surface area contributed by atoms with Crippen molar-refractivity contribution in [2.75, 3.05) is 43.9 Å². The lowest BCUT2D eigenvalue weighted by molar-refractivity contribution is -0.133. The number of hydrogen-bond donors (Lipinski definition) is 0. The number of rotatable bonds is 5. The van der Waals surface area contributed by atoms with Gasteiger partial charge in [0.15, 0.2) is 11.7 Å². The molecule has 4 aromatic rings. The number of ether oxygens (including phenoxy) is 1. The highest BCUT2D eigenvalue weighted by molar-refractivity contribution is 7.98. The van der Waals surface area contributed by atoms with Gasteiger partial charge >= 0.3 is 0 Å². The van der Waals surface area contributed by atoms with Gasteiger partial charge in [-0.05, 0) is 47.4 Å². The average Bonchev–Trinajstić information content (AvgIpc) is 3.26. The number of carbonyl (C=O) groups excluding carboxylic acids is 1. The first-order valence-corrected chi connectivity index (χ1v) is 12.3. The topological polar surface area (TPSA) is 45.7 Å². The van der Waals surface area contributed by atoms with E-state index >= 15 is 0 Å². The first-order valence-electron chi connectivity index (χ1n) is 10.3. The Bertz CT molecular complexity index is 1230. The van der Waals surface area contributed by atoms with Gasteiger partial charge in [-0.15, -0.1) is 11.8 Å². The Morgan fingerprint density at radius 2 is 1.84 bits per heavy atom. The van der Waals surface area contributed by atoms with Gasteiger partial charge in [-0.1, -0.05) is 41.7 Å². The van der Waals surface area contributed by atoms with Crippen molar-refractivity contribution in [3.05, 3.63) is 60.7 Å². The highest BCUT2D eigenvalue weighted by atomic mass is 32.2. The van der Waals surface area contributed by atoms with Gasteiger partial charge in [-0.25, -0.2) is 4.98 Å². The molecule has 31 heavy (non-hydrogen) atoms. The van der Waals surface area contributed by atoms with Crippen LogP contribution in [0.3, 0.4) is 0 Å². The van der Waals surface area contributed by atoms with Crippen molar-refractivity contribution < 1.29 is 9.53 Å². The summed E-state index contributed by atoms with van der Waals surface area (Å²) in [5, 5.41) is 3.31. The molecule has 0 aliphatic carbocycles. The highest BCUT2D eigenvalue weighted by Gasteiger charge is 2.23.